The van der Waals surface area contributed by atoms with Crippen LogP contribution in [0, 0.1) is 0 Å². The van der Waals surface area contributed by atoms with Gasteiger partial charge in [0, 0.05) is 32.4 Å². The maximum atomic E-state index is 12.6. The van der Waals surface area contributed by atoms with Gasteiger partial charge in [0.05, 0.1) is 0 Å². The van der Waals surface area contributed by atoms with Gasteiger partial charge in [-0.1, -0.05) is 0 Å². The van der Waals surface area contributed by atoms with Gasteiger partial charge in [-0.15, -0.1) is 0 Å². The fourth-order valence-electron chi connectivity index (χ4n) is 2.27. The molecule has 0 spiro atoms. The molecule has 0 aliphatic carbocycles. The molecule has 1 aromatic rings. The topological polar surface area (TPSA) is 69.6 Å². The third kappa shape index (κ3) is 3.53. The van der Waals surface area contributed by atoms with Crippen LogP contribution in [0.3, 0.4) is 0 Å². The van der Waals surface area contributed by atoms with Gasteiger partial charge in [0.15, 0.2) is 0 Å². The lowest BCUT2D eigenvalue weighted by Gasteiger charge is -2.35. The SMILES string of the molecule is CN(C(=O)O)C1CCN(c2nccc(C(F)(F)F)n2)CC1. The second-order valence-corrected chi connectivity index (χ2v) is 4.85. The molecule has 21 heavy (non-hydrogen) atoms. The summed E-state index contributed by atoms with van der Waals surface area (Å²) in [5.41, 5.74) is -0.975. The number of hydrogen-bond acceptors (Lipinski definition) is 4. The summed E-state index contributed by atoms with van der Waals surface area (Å²) in [6, 6.07) is 0.693. The van der Waals surface area contributed by atoms with Gasteiger partial charge < -0.3 is 14.9 Å². The average Bonchev–Trinajstić information content (AvgIpc) is 2.46. The highest BCUT2D eigenvalue weighted by molar-refractivity contribution is 5.65. The molecule has 1 amide bonds. The van der Waals surface area contributed by atoms with E-state index in [2.05, 4.69) is 9.97 Å². The Hall–Kier alpha value is -2.06. The van der Waals surface area contributed by atoms with Crippen LogP contribution in [0.5, 0.6) is 0 Å². The molecule has 1 fully saturated rings. The number of piperidine rings is 1. The summed E-state index contributed by atoms with van der Waals surface area (Å²) in [5, 5.41) is 8.91. The molecule has 0 aromatic carbocycles. The van der Waals surface area contributed by atoms with E-state index in [1.165, 1.54) is 11.9 Å². The molecular formula is C12H15F3N4O2. The number of rotatable bonds is 2. The molecular weight excluding hydrogens is 289 g/mol. The average molecular weight is 304 g/mol. The Kier molecular flexibility index (Phi) is 4.19. The second kappa shape index (κ2) is 5.74. The highest BCUT2D eigenvalue weighted by Crippen LogP contribution is 2.28. The van der Waals surface area contributed by atoms with E-state index in [0.29, 0.717) is 25.9 Å². The molecule has 0 radical (unpaired) electrons. The van der Waals surface area contributed by atoms with E-state index < -0.39 is 18.0 Å². The van der Waals surface area contributed by atoms with Crippen molar-refractivity contribution in [1.29, 1.82) is 0 Å². The van der Waals surface area contributed by atoms with Crippen molar-refractivity contribution in [3.05, 3.63) is 18.0 Å². The van der Waals surface area contributed by atoms with Gasteiger partial charge in [-0.25, -0.2) is 14.8 Å². The van der Waals surface area contributed by atoms with Crippen LogP contribution in [0.1, 0.15) is 18.5 Å². The van der Waals surface area contributed by atoms with Crippen molar-refractivity contribution in [3.63, 3.8) is 0 Å². The number of halogens is 3. The van der Waals surface area contributed by atoms with Crippen molar-refractivity contribution in [2.75, 3.05) is 25.0 Å². The van der Waals surface area contributed by atoms with Crippen LogP contribution in [0.2, 0.25) is 0 Å². The third-order valence-corrected chi connectivity index (χ3v) is 3.53. The molecule has 1 N–H and O–H groups in total. The predicted molar refractivity (Wildman–Crippen MR) is 68.1 cm³/mol. The summed E-state index contributed by atoms with van der Waals surface area (Å²) in [6.45, 7) is 0.840. The van der Waals surface area contributed by atoms with Gasteiger partial charge in [-0.2, -0.15) is 13.2 Å². The first kappa shape index (κ1) is 15.3. The molecule has 0 saturated carbocycles. The summed E-state index contributed by atoms with van der Waals surface area (Å²) >= 11 is 0. The van der Waals surface area contributed by atoms with E-state index in [1.807, 2.05) is 0 Å². The van der Waals surface area contributed by atoms with E-state index in [1.54, 1.807) is 4.90 Å². The first-order valence-corrected chi connectivity index (χ1v) is 6.40. The maximum Gasteiger partial charge on any atom is 0.433 e. The number of amides is 1. The smallest absolute Gasteiger partial charge is 0.433 e. The molecule has 2 heterocycles. The number of carbonyl (C=O) groups is 1. The van der Waals surface area contributed by atoms with Gasteiger partial charge in [0.2, 0.25) is 5.95 Å². The zero-order valence-corrected chi connectivity index (χ0v) is 11.3. The van der Waals surface area contributed by atoms with Crippen LogP contribution < -0.4 is 4.90 Å². The molecule has 0 unspecified atom stereocenters. The normalized spacial score (nSPS) is 16.9. The first-order valence-electron chi connectivity index (χ1n) is 6.40. The number of carboxylic acid groups (broad SMARTS) is 1. The Morgan fingerprint density at radius 3 is 2.57 bits per heavy atom. The Bertz CT molecular complexity index is 515. The number of hydrogen-bond donors (Lipinski definition) is 1. The second-order valence-electron chi connectivity index (χ2n) is 4.85. The zero-order chi connectivity index (χ0) is 15.6. The van der Waals surface area contributed by atoms with Crippen molar-refractivity contribution in [1.82, 2.24) is 14.9 Å². The van der Waals surface area contributed by atoms with Crippen molar-refractivity contribution in [3.8, 4) is 0 Å². The lowest BCUT2D eigenvalue weighted by atomic mass is 10.0. The summed E-state index contributed by atoms with van der Waals surface area (Å²) in [7, 11) is 1.49. The lowest BCUT2D eigenvalue weighted by Crippen LogP contribution is -2.45. The van der Waals surface area contributed by atoms with Crippen LogP contribution in [0.25, 0.3) is 0 Å². The minimum Gasteiger partial charge on any atom is -0.465 e. The van der Waals surface area contributed by atoms with Crippen LogP contribution in [-0.2, 0) is 6.18 Å². The maximum absolute atomic E-state index is 12.6. The van der Waals surface area contributed by atoms with Crippen molar-refractivity contribution in [2.24, 2.45) is 0 Å². The van der Waals surface area contributed by atoms with Gasteiger partial charge in [0.1, 0.15) is 5.69 Å². The fourth-order valence-corrected chi connectivity index (χ4v) is 2.27. The van der Waals surface area contributed by atoms with E-state index in [-0.39, 0.29) is 12.0 Å². The molecule has 1 aromatic heterocycles. The molecule has 2 rings (SSSR count). The molecule has 0 atom stereocenters. The van der Waals surface area contributed by atoms with Crippen LogP contribution in [0.15, 0.2) is 12.3 Å². The minimum atomic E-state index is -4.50. The highest BCUT2D eigenvalue weighted by atomic mass is 19.4. The largest absolute Gasteiger partial charge is 0.465 e. The number of anilines is 1. The summed E-state index contributed by atoms with van der Waals surface area (Å²) in [5.74, 6) is 0.0289. The quantitative estimate of drug-likeness (QED) is 0.906. The van der Waals surface area contributed by atoms with E-state index >= 15 is 0 Å². The molecule has 1 saturated heterocycles. The number of nitrogens with zero attached hydrogens (tertiary/aromatic N) is 4. The summed E-state index contributed by atoms with van der Waals surface area (Å²) in [4.78, 5) is 21.1. The third-order valence-electron chi connectivity index (χ3n) is 3.53. The van der Waals surface area contributed by atoms with E-state index in [4.69, 9.17) is 5.11 Å². The van der Waals surface area contributed by atoms with Crippen molar-refractivity contribution >= 4 is 12.0 Å². The van der Waals surface area contributed by atoms with E-state index in [9.17, 15) is 18.0 Å². The highest BCUT2D eigenvalue weighted by Gasteiger charge is 2.34. The zero-order valence-electron chi connectivity index (χ0n) is 11.3. The van der Waals surface area contributed by atoms with Gasteiger partial charge in [-0.3, -0.25) is 0 Å². The van der Waals surface area contributed by atoms with Gasteiger partial charge in [0.25, 0.3) is 0 Å². The molecule has 9 heteroatoms. The molecule has 116 valence electrons. The van der Waals surface area contributed by atoms with Crippen LogP contribution in [0.4, 0.5) is 23.9 Å². The van der Waals surface area contributed by atoms with Crippen molar-refractivity contribution < 1.29 is 23.1 Å². The van der Waals surface area contributed by atoms with Crippen LogP contribution >= 0.6 is 0 Å². The Morgan fingerprint density at radius 2 is 2.05 bits per heavy atom. The Morgan fingerprint density at radius 1 is 1.43 bits per heavy atom. The standard InChI is InChI=1S/C12H15F3N4O2/c1-18(11(20)21)8-3-6-19(7-4-8)10-16-5-2-9(17-10)12(13,14)15/h2,5,8H,3-4,6-7H2,1H3,(H,20,21). The fraction of sp³-hybridized carbons (Fsp3) is 0.583. The van der Waals surface area contributed by atoms with Crippen LogP contribution in [-0.4, -0.2) is 52.2 Å². The van der Waals surface area contributed by atoms with Gasteiger partial charge in [-0.05, 0) is 18.9 Å². The lowest BCUT2D eigenvalue weighted by molar-refractivity contribution is -0.141. The number of aromatic nitrogens is 2. The molecule has 1 aliphatic heterocycles. The predicted octanol–water partition coefficient (Wildman–Crippen LogP) is 2.07. The van der Waals surface area contributed by atoms with E-state index in [0.717, 1.165) is 12.3 Å². The monoisotopic (exact) mass is 304 g/mol. The first-order chi connectivity index (χ1) is 9.79. The molecule has 6 nitrogen and oxygen atoms in total. The summed E-state index contributed by atoms with van der Waals surface area (Å²) in [6.07, 6.45) is -3.37. The van der Waals surface area contributed by atoms with Gasteiger partial charge >= 0.3 is 12.3 Å². The molecule has 0 bridgehead atoms. The Labute approximate surface area is 119 Å². The summed E-state index contributed by atoms with van der Waals surface area (Å²) < 4.78 is 37.8. The number of alkyl halides is 3. The molecule has 1 aliphatic rings. The minimum absolute atomic E-state index is 0.0289. The van der Waals surface area contributed by atoms with Crippen molar-refractivity contribution in [2.45, 2.75) is 25.1 Å². The Balaban J connectivity index is 2.04.